The molecule has 4 nitrogen and oxygen atoms in total. The number of nitrogen functional groups attached to an aromatic ring is 1. The van der Waals surface area contributed by atoms with Crippen LogP contribution in [0.4, 0.5) is 28.9 Å². The number of benzene rings is 1. The van der Waals surface area contributed by atoms with E-state index < -0.39 is 24.6 Å². The van der Waals surface area contributed by atoms with Crippen LogP contribution in [-0.2, 0) is 0 Å². The third-order valence-corrected chi connectivity index (χ3v) is 2.73. The van der Waals surface area contributed by atoms with Crippen molar-refractivity contribution in [3.8, 4) is 0 Å². The molecule has 0 radical (unpaired) electrons. The van der Waals surface area contributed by atoms with E-state index >= 15 is 0 Å². The second-order valence-corrected chi connectivity index (χ2v) is 4.16. The number of hydrogen-bond acceptors (Lipinski definition) is 4. The van der Waals surface area contributed by atoms with Crippen LogP contribution in [0.2, 0.25) is 0 Å². The van der Waals surface area contributed by atoms with Crippen LogP contribution in [0.25, 0.3) is 10.9 Å². The summed E-state index contributed by atoms with van der Waals surface area (Å²) in [6, 6.07) is 4.14. The van der Waals surface area contributed by atoms with Gasteiger partial charge in [-0.25, -0.2) is 4.39 Å². The fourth-order valence-electron chi connectivity index (χ4n) is 1.72. The summed E-state index contributed by atoms with van der Waals surface area (Å²) >= 11 is 0. The zero-order chi connectivity index (χ0) is 14.9. The molecule has 1 unspecified atom stereocenters. The van der Waals surface area contributed by atoms with Crippen molar-refractivity contribution < 1.29 is 22.7 Å². The predicted octanol–water partition coefficient (Wildman–Crippen LogP) is 2.29. The Balaban J connectivity index is 2.35. The molecule has 1 heterocycles. The van der Waals surface area contributed by atoms with Gasteiger partial charge in [-0.1, -0.05) is 0 Å². The van der Waals surface area contributed by atoms with E-state index in [2.05, 4.69) is 10.3 Å². The number of nitrogens with zero attached hydrogens (tertiary/aromatic N) is 1. The molecular formula is C12H11F4N3O. The summed E-state index contributed by atoms with van der Waals surface area (Å²) in [5.74, 6) is -0.830. The van der Waals surface area contributed by atoms with Gasteiger partial charge in [0.05, 0.1) is 11.2 Å². The maximum Gasteiger partial charge on any atom is 0.416 e. The highest BCUT2D eigenvalue weighted by Gasteiger charge is 2.38. The van der Waals surface area contributed by atoms with Crippen molar-refractivity contribution in [3.05, 3.63) is 30.2 Å². The highest BCUT2D eigenvalue weighted by molar-refractivity contribution is 5.98. The molecule has 0 amide bonds. The number of hydrogen-bond donors (Lipinski definition) is 3. The molecule has 0 aliphatic rings. The van der Waals surface area contributed by atoms with Gasteiger partial charge >= 0.3 is 6.18 Å². The summed E-state index contributed by atoms with van der Waals surface area (Å²) < 4.78 is 50.4. The van der Waals surface area contributed by atoms with Gasteiger partial charge in [-0.2, -0.15) is 13.2 Å². The Bertz CT molecular complexity index is 630. The summed E-state index contributed by atoms with van der Waals surface area (Å²) in [4.78, 5) is 3.90. The standard InChI is InChI=1S/C12H11F4N3O/c13-7-4-8(17)6-2-1-3-18-10(6)11(7)19-5-9(20)12(14,15)16/h1-4,9,19-20H,5,17H2. The highest BCUT2D eigenvalue weighted by atomic mass is 19.4. The molecule has 0 aliphatic heterocycles. The first kappa shape index (κ1) is 14.3. The number of pyridine rings is 1. The first-order valence-electron chi connectivity index (χ1n) is 5.62. The van der Waals surface area contributed by atoms with Crippen LogP contribution in [0.15, 0.2) is 24.4 Å². The molecule has 2 aromatic rings. The van der Waals surface area contributed by atoms with Gasteiger partial charge in [-0.05, 0) is 18.2 Å². The molecule has 1 aromatic heterocycles. The Hall–Kier alpha value is -2.09. The molecule has 2 rings (SSSR count). The Morgan fingerprint density at radius 3 is 2.75 bits per heavy atom. The average Bonchev–Trinajstić information content (AvgIpc) is 2.37. The third kappa shape index (κ3) is 2.74. The lowest BCUT2D eigenvalue weighted by atomic mass is 10.1. The van der Waals surface area contributed by atoms with Crippen LogP contribution in [0, 0.1) is 5.82 Å². The van der Waals surface area contributed by atoms with Gasteiger partial charge in [0.2, 0.25) is 0 Å². The Morgan fingerprint density at radius 1 is 1.40 bits per heavy atom. The van der Waals surface area contributed by atoms with E-state index in [1.807, 2.05) is 0 Å². The molecule has 0 saturated carbocycles. The van der Waals surface area contributed by atoms with Crippen LogP contribution in [-0.4, -0.2) is 28.9 Å². The second kappa shape index (κ2) is 5.12. The van der Waals surface area contributed by atoms with E-state index in [1.54, 1.807) is 12.1 Å². The number of nitrogens with two attached hydrogens (primary N) is 1. The van der Waals surface area contributed by atoms with E-state index in [0.29, 0.717) is 5.39 Å². The van der Waals surface area contributed by atoms with Gasteiger partial charge in [0, 0.05) is 23.8 Å². The number of alkyl halides is 3. The predicted molar refractivity (Wildman–Crippen MR) is 66.7 cm³/mol. The Morgan fingerprint density at radius 2 is 2.10 bits per heavy atom. The number of aliphatic hydroxyl groups is 1. The molecule has 108 valence electrons. The van der Waals surface area contributed by atoms with E-state index in [4.69, 9.17) is 10.8 Å². The smallest absolute Gasteiger partial charge is 0.398 e. The van der Waals surface area contributed by atoms with Crippen molar-refractivity contribution in [3.63, 3.8) is 0 Å². The van der Waals surface area contributed by atoms with E-state index in [-0.39, 0.29) is 16.9 Å². The summed E-state index contributed by atoms with van der Waals surface area (Å²) in [6.07, 6.45) is -6.01. The van der Waals surface area contributed by atoms with Crippen molar-refractivity contribution >= 4 is 22.3 Å². The third-order valence-electron chi connectivity index (χ3n) is 2.73. The van der Waals surface area contributed by atoms with Crippen LogP contribution in [0.3, 0.4) is 0 Å². The molecular weight excluding hydrogens is 278 g/mol. The van der Waals surface area contributed by atoms with Gasteiger partial charge < -0.3 is 16.2 Å². The van der Waals surface area contributed by atoms with Gasteiger partial charge in [0.25, 0.3) is 0 Å². The molecule has 0 saturated heterocycles. The monoisotopic (exact) mass is 289 g/mol. The SMILES string of the molecule is Nc1cc(F)c(NCC(O)C(F)(F)F)c2ncccc12. The number of halogens is 4. The summed E-state index contributed by atoms with van der Waals surface area (Å²) in [7, 11) is 0. The molecule has 1 atom stereocenters. The number of anilines is 2. The maximum absolute atomic E-state index is 13.8. The number of nitrogens with one attached hydrogen (secondary N) is 1. The summed E-state index contributed by atoms with van der Waals surface area (Å²) in [5, 5.41) is 11.6. The highest BCUT2D eigenvalue weighted by Crippen LogP contribution is 2.30. The topological polar surface area (TPSA) is 71.2 Å². The van der Waals surface area contributed by atoms with E-state index in [1.165, 1.54) is 6.20 Å². The molecule has 4 N–H and O–H groups in total. The maximum atomic E-state index is 13.8. The van der Waals surface area contributed by atoms with Gasteiger partial charge in [-0.3, -0.25) is 4.98 Å². The normalized spacial score (nSPS) is 13.4. The largest absolute Gasteiger partial charge is 0.416 e. The average molecular weight is 289 g/mol. The van der Waals surface area contributed by atoms with Crippen molar-refractivity contribution in [2.75, 3.05) is 17.6 Å². The lowest BCUT2D eigenvalue weighted by Crippen LogP contribution is -2.35. The van der Waals surface area contributed by atoms with Crippen molar-refractivity contribution in [2.45, 2.75) is 12.3 Å². The van der Waals surface area contributed by atoms with Gasteiger partial charge in [0.15, 0.2) is 11.9 Å². The van der Waals surface area contributed by atoms with Gasteiger partial charge in [0.1, 0.15) is 0 Å². The zero-order valence-electron chi connectivity index (χ0n) is 10.1. The Kier molecular flexibility index (Phi) is 3.67. The first-order chi connectivity index (χ1) is 9.30. The van der Waals surface area contributed by atoms with Crippen molar-refractivity contribution in [1.29, 1.82) is 0 Å². The molecule has 1 aromatic carbocycles. The minimum Gasteiger partial charge on any atom is -0.398 e. The summed E-state index contributed by atoms with van der Waals surface area (Å²) in [5.41, 5.74) is 5.63. The van der Waals surface area contributed by atoms with Crippen molar-refractivity contribution in [2.24, 2.45) is 0 Å². The Labute approximate surface area is 111 Å². The quantitative estimate of drug-likeness (QED) is 0.599. The van der Waals surface area contributed by atoms with Crippen LogP contribution < -0.4 is 11.1 Å². The van der Waals surface area contributed by atoms with E-state index in [9.17, 15) is 17.6 Å². The molecule has 0 spiro atoms. The number of aromatic nitrogens is 1. The minimum absolute atomic E-state index is 0.111. The summed E-state index contributed by atoms with van der Waals surface area (Å²) in [6.45, 7) is -0.879. The fraction of sp³-hybridized carbons (Fsp3) is 0.250. The number of rotatable bonds is 3. The number of fused-ring (bicyclic) bond motifs is 1. The number of aliphatic hydroxyl groups excluding tert-OH is 1. The lowest BCUT2D eigenvalue weighted by molar-refractivity contribution is -0.198. The van der Waals surface area contributed by atoms with E-state index in [0.717, 1.165) is 6.07 Å². The molecule has 20 heavy (non-hydrogen) atoms. The lowest BCUT2D eigenvalue weighted by Gasteiger charge is -2.17. The van der Waals surface area contributed by atoms with Gasteiger partial charge in [-0.15, -0.1) is 0 Å². The van der Waals surface area contributed by atoms with Crippen LogP contribution >= 0.6 is 0 Å². The fourth-order valence-corrected chi connectivity index (χ4v) is 1.72. The van der Waals surface area contributed by atoms with Crippen LogP contribution in [0.1, 0.15) is 0 Å². The molecule has 8 heteroatoms. The molecule has 0 aliphatic carbocycles. The van der Waals surface area contributed by atoms with Crippen molar-refractivity contribution in [1.82, 2.24) is 4.98 Å². The minimum atomic E-state index is -4.78. The van der Waals surface area contributed by atoms with Crippen LogP contribution in [0.5, 0.6) is 0 Å². The second-order valence-electron chi connectivity index (χ2n) is 4.16. The molecule has 0 fully saturated rings. The zero-order valence-corrected chi connectivity index (χ0v) is 10.1. The molecule has 0 bridgehead atoms. The first-order valence-corrected chi connectivity index (χ1v) is 5.62.